The second kappa shape index (κ2) is 10.7. The number of hydrogen-bond donors (Lipinski definition) is 0. The van der Waals surface area contributed by atoms with Crippen molar-refractivity contribution in [1.82, 2.24) is 20.2 Å². The van der Waals surface area contributed by atoms with E-state index in [4.69, 9.17) is 4.74 Å². The van der Waals surface area contributed by atoms with E-state index in [1.54, 1.807) is 0 Å². The van der Waals surface area contributed by atoms with Crippen LogP contribution in [0.15, 0.2) is 42.5 Å². The number of aryl methyl sites for hydroxylation is 1. The van der Waals surface area contributed by atoms with E-state index in [0.717, 1.165) is 16.6 Å². The molecule has 8 nitrogen and oxygen atoms in total. The fourth-order valence-corrected chi connectivity index (χ4v) is 4.96. The van der Waals surface area contributed by atoms with Crippen LogP contribution in [0.5, 0.6) is 0 Å². The van der Waals surface area contributed by atoms with Gasteiger partial charge in [0.1, 0.15) is 6.04 Å². The lowest BCUT2D eigenvalue weighted by Crippen LogP contribution is -2.69. The number of amides is 1. The van der Waals surface area contributed by atoms with E-state index in [2.05, 4.69) is 15.4 Å². The van der Waals surface area contributed by atoms with E-state index in [0.29, 0.717) is 17.0 Å². The third-order valence-electron chi connectivity index (χ3n) is 6.86. The summed E-state index contributed by atoms with van der Waals surface area (Å²) in [4.78, 5) is 15.2. The highest BCUT2D eigenvalue weighted by Gasteiger charge is 2.63. The Labute approximate surface area is 232 Å². The summed E-state index contributed by atoms with van der Waals surface area (Å²) in [6.45, 7) is 1.15. The first kappa shape index (κ1) is 30.9. The number of hydrogen-bond acceptors (Lipinski definition) is 6. The van der Waals surface area contributed by atoms with Crippen LogP contribution in [-0.2, 0) is 24.1 Å². The molecule has 0 aliphatic carbocycles. The van der Waals surface area contributed by atoms with Crippen molar-refractivity contribution in [3.8, 4) is 0 Å². The minimum Gasteiger partial charge on any atom is -0.449 e. The molecule has 2 heterocycles. The molecule has 17 heteroatoms. The minimum atomic E-state index is -5.24. The lowest BCUT2D eigenvalue weighted by molar-refractivity contribution is -0.185. The van der Waals surface area contributed by atoms with Crippen molar-refractivity contribution in [1.29, 1.82) is 0 Å². The zero-order chi connectivity index (χ0) is 31.3. The first-order valence-electron chi connectivity index (χ1n) is 12.4. The van der Waals surface area contributed by atoms with Crippen LogP contribution in [-0.4, -0.2) is 51.2 Å². The summed E-state index contributed by atoms with van der Waals surface area (Å²) >= 11 is 0. The highest BCUT2D eigenvalue weighted by molar-refractivity contribution is 5.96. The van der Waals surface area contributed by atoms with Gasteiger partial charge < -0.3 is 9.64 Å². The number of tetrazole rings is 1. The standard InChI is InChI=1S/C25H23F9N6O2/c1-4-22(25(32,33)34)13-39(17-8-6-7-9-18(17)40(22)21(41)42-5-2)19(20-35-37-38(3)36-20)14-10-15(23(26,27)28)12-16(11-14)24(29,30)31/h6-12,19H,4-5,13H2,1-3H3. The molecule has 1 aliphatic heterocycles. The Hall–Kier alpha value is -4.05. The van der Waals surface area contributed by atoms with Crippen molar-refractivity contribution >= 4 is 17.5 Å². The predicted molar refractivity (Wildman–Crippen MR) is 129 cm³/mol. The molecule has 0 N–H and O–H groups in total. The Morgan fingerprint density at radius 1 is 0.952 bits per heavy atom. The van der Waals surface area contributed by atoms with Crippen LogP contribution in [0.4, 0.5) is 55.7 Å². The van der Waals surface area contributed by atoms with Gasteiger partial charge in [-0.2, -0.15) is 44.3 Å². The van der Waals surface area contributed by atoms with Crippen molar-refractivity contribution in [2.45, 2.75) is 50.4 Å². The maximum absolute atomic E-state index is 15.0. The largest absolute Gasteiger partial charge is 0.449 e. The molecule has 0 spiro atoms. The Kier molecular flexibility index (Phi) is 7.84. The summed E-state index contributed by atoms with van der Waals surface area (Å²) in [6, 6.07) is 4.03. The van der Waals surface area contributed by atoms with Crippen LogP contribution in [0.25, 0.3) is 0 Å². The van der Waals surface area contributed by atoms with Crippen LogP contribution < -0.4 is 9.80 Å². The van der Waals surface area contributed by atoms with Crippen LogP contribution in [0.2, 0.25) is 0 Å². The molecular formula is C25H23F9N6O2. The number of carbonyl (C=O) groups excluding carboxylic acids is 1. The predicted octanol–water partition coefficient (Wildman–Crippen LogP) is 6.53. The minimum absolute atomic E-state index is 0.0939. The van der Waals surface area contributed by atoms with Crippen molar-refractivity contribution < 1.29 is 49.0 Å². The van der Waals surface area contributed by atoms with Gasteiger partial charge in [0, 0.05) is 0 Å². The lowest BCUT2D eigenvalue weighted by atomic mass is 9.86. The van der Waals surface area contributed by atoms with Gasteiger partial charge in [-0.25, -0.2) is 4.79 Å². The maximum Gasteiger partial charge on any atom is 0.416 e. The molecule has 1 aromatic heterocycles. The van der Waals surface area contributed by atoms with Crippen molar-refractivity contribution in [2.24, 2.45) is 7.05 Å². The lowest BCUT2D eigenvalue weighted by Gasteiger charge is -2.52. The second-order valence-corrected chi connectivity index (χ2v) is 9.41. The van der Waals surface area contributed by atoms with Crippen molar-refractivity contribution in [3.63, 3.8) is 0 Å². The molecule has 0 radical (unpaired) electrons. The molecule has 0 saturated heterocycles. The highest BCUT2D eigenvalue weighted by atomic mass is 19.4. The zero-order valence-electron chi connectivity index (χ0n) is 22.1. The first-order valence-corrected chi connectivity index (χ1v) is 12.4. The van der Waals surface area contributed by atoms with Crippen LogP contribution in [0.1, 0.15) is 48.8 Å². The molecule has 2 unspecified atom stereocenters. The molecule has 3 aromatic rings. The smallest absolute Gasteiger partial charge is 0.416 e. The van der Waals surface area contributed by atoms with Crippen LogP contribution >= 0.6 is 0 Å². The van der Waals surface area contributed by atoms with Gasteiger partial charge in [0.15, 0.2) is 5.54 Å². The number of benzene rings is 2. The van der Waals surface area contributed by atoms with E-state index in [9.17, 15) is 31.1 Å². The van der Waals surface area contributed by atoms with Gasteiger partial charge in [0.2, 0.25) is 5.82 Å². The second-order valence-electron chi connectivity index (χ2n) is 9.41. The highest BCUT2D eigenvalue weighted by Crippen LogP contribution is 2.52. The Bertz CT molecular complexity index is 1420. The fourth-order valence-electron chi connectivity index (χ4n) is 4.96. The normalized spacial score (nSPS) is 18.6. The molecule has 2 atom stereocenters. The third kappa shape index (κ3) is 5.43. The molecule has 42 heavy (non-hydrogen) atoms. The number of aromatic nitrogens is 4. The van der Waals surface area contributed by atoms with Gasteiger partial charge in [-0.3, -0.25) is 4.90 Å². The van der Waals surface area contributed by atoms with E-state index in [1.165, 1.54) is 38.2 Å². The maximum atomic E-state index is 15.0. The summed E-state index contributed by atoms with van der Waals surface area (Å²) in [6.07, 6.45) is -17.7. The number of para-hydroxylation sites is 2. The Morgan fingerprint density at radius 3 is 1.98 bits per heavy atom. The summed E-state index contributed by atoms with van der Waals surface area (Å²) in [7, 11) is 1.26. The number of halogens is 9. The van der Waals surface area contributed by atoms with E-state index < -0.39 is 71.7 Å². The van der Waals surface area contributed by atoms with Crippen molar-refractivity contribution in [3.05, 3.63) is 65.0 Å². The van der Waals surface area contributed by atoms with Gasteiger partial charge in [-0.1, -0.05) is 19.1 Å². The Morgan fingerprint density at radius 2 is 1.52 bits per heavy atom. The average molecular weight is 610 g/mol. The SMILES string of the molecule is CCOC(=O)N1c2ccccc2N(C(c2cc(C(F)(F)F)cc(C(F)(F)F)c2)c2nnn(C)n2)CC1(CC)C(F)(F)F. The summed E-state index contributed by atoms with van der Waals surface area (Å²) < 4.78 is 133. The fraction of sp³-hybridized carbons (Fsp3) is 0.440. The van der Waals surface area contributed by atoms with Gasteiger partial charge in [0.05, 0.1) is 42.7 Å². The number of fused-ring (bicyclic) bond motifs is 1. The molecule has 0 fully saturated rings. The quantitative estimate of drug-likeness (QED) is 0.306. The molecule has 1 amide bonds. The van der Waals surface area contributed by atoms with Gasteiger partial charge in [0.25, 0.3) is 0 Å². The first-order chi connectivity index (χ1) is 19.4. The summed E-state index contributed by atoms with van der Waals surface area (Å²) in [5, 5.41) is 11.3. The number of anilines is 2. The van der Waals surface area contributed by atoms with Crippen LogP contribution in [0.3, 0.4) is 0 Å². The van der Waals surface area contributed by atoms with Gasteiger partial charge >= 0.3 is 24.6 Å². The van der Waals surface area contributed by atoms with Crippen molar-refractivity contribution in [2.75, 3.05) is 23.0 Å². The van der Waals surface area contributed by atoms with E-state index in [-0.39, 0.29) is 24.0 Å². The van der Waals surface area contributed by atoms with E-state index >= 15 is 13.2 Å². The molecule has 4 rings (SSSR count). The molecule has 0 bridgehead atoms. The monoisotopic (exact) mass is 610 g/mol. The summed E-state index contributed by atoms with van der Waals surface area (Å²) in [5.41, 5.74) is -7.55. The molecule has 2 aromatic carbocycles. The Balaban J connectivity index is 2.08. The number of carbonyl (C=O) groups is 1. The number of ether oxygens (including phenoxy) is 1. The summed E-state index contributed by atoms with van der Waals surface area (Å²) in [5.74, 6) is -0.475. The topological polar surface area (TPSA) is 76.4 Å². The van der Waals surface area contributed by atoms with Crippen LogP contribution in [0, 0.1) is 0 Å². The zero-order valence-corrected chi connectivity index (χ0v) is 22.1. The number of alkyl halides is 9. The third-order valence-corrected chi connectivity index (χ3v) is 6.86. The molecule has 1 aliphatic rings. The molecule has 0 saturated carbocycles. The molecular weight excluding hydrogens is 587 g/mol. The molecule has 228 valence electrons. The van der Waals surface area contributed by atoms with E-state index in [1.807, 2.05) is 0 Å². The number of nitrogens with zero attached hydrogens (tertiary/aromatic N) is 6. The van der Waals surface area contributed by atoms with Gasteiger partial charge in [-0.05, 0) is 54.5 Å². The number of rotatable bonds is 5. The average Bonchev–Trinajstić information content (AvgIpc) is 3.32. The van der Waals surface area contributed by atoms with Gasteiger partial charge in [-0.15, -0.1) is 10.2 Å².